The molecule has 1 saturated carbocycles. The summed E-state index contributed by atoms with van der Waals surface area (Å²) >= 11 is 0. The van der Waals surface area contributed by atoms with Gasteiger partial charge in [-0.3, -0.25) is 9.59 Å². The van der Waals surface area contributed by atoms with Crippen LogP contribution < -0.4 is 5.32 Å². The van der Waals surface area contributed by atoms with Gasteiger partial charge < -0.3 is 10.2 Å². The van der Waals surface area contributed by atoms with Crippen molar-refractivity contribution in [2.75, 3.05) is 0 Å². The molecule has 3 atom stereocenters. The first kappa shape index (κ1) is 11.9. The van der Waals surface area contributed by atoms with Crippen molar-refractivity contribution >= 4 is 11.8 Å². The molecular weight excluding hydrogens is 252 g/mol. The second-order valence-corrected chi connectivity index (χ2v) is 6.22. The highest BCUT2D eigenvalue weighted by molar-refractivity contribution is 6.02. The van der Waals surface area contributed by atoms with Crippen LogP contribution in [0.3, 0.4) is 0 Å². The van der Waals surface area contributed by atoms with Gasteiger partial charge in [0.1, 0.15) is 11.6 Å². The lowest BCUT2D eigenvalue weighted by molar-refractivity contribution is -0.166. The maximum absolute atomic E-state index is 12.9. The number of benzene rings is 1. The highest BCUT2D eigenvalue weighted by atomic mass is 16.2. The molecule has 2 bridgehead atoms. The summed E-state index contributed by atoms with van der Waals surface area (Å²) in [6, 6.07) is 9.66. The molecule has 1 aromatic carbocycles. The van der Waals surface area contributed by atoms with Crippen LogP contribution in [0.25, 0.3) is 0 Å². The molecule has 4 nitrogen and oxygen atoms in total. The Labute approximate surface area is 118 Å². The van der Waals surface area contributed by atoms with Crippen molar-refractivity contribution in [2.45, 2.75) is 43.8 Å². The molecule has 4 fully saturated rings. The summed E-state index contributed by atoms with van der Waals surface area (Å²) in [6.07, 6.45) is 3.76. The van der Waals surface area contributed by atoms with Crippen LogP contribution in [0.5, 0.6) is 0 Å². The molecule has 20 heavy (non-hydrogen) atoms. The Morgan fingerprint density at radius 3 is 2.85 bits per heavy atom. The Balaban J connectivity index is 1.68. The minimum atomic E-state index is -0.583. The number of amides is 2. The fourth-order valence-electron chi connectivity index (χ4n) is 4.20. The topological polar surface area (TPSA) is 49.4 Å². The number of fused-ring (bicyclic) bond motifs is 2. The van der Waals surface area contributed by atoms with Crippen LogP contribution in [-0.2, 0) is 16.1 Å². The lowest BCUT2D eigenvalue weighted by Crippen LogP contribution is -2.76. The highest BCUT2D eigenvalue weighted by Gasteiger charge is 2.62. The predicted molar refractivity (Wildman–Crippen MR) is 73.6 cm³/mol. The molecule has 0 unspecified atom stereocenters. The SMILES string of the molecule is O=C1N[C@]23CCC[C@@H]2C[C@H]1N(Cc1ccccc1)C3=O. The number of hydrogen-bond donors (Lipinski definition) is 1. The number of carbonyl (C=O) groups excluding carboxylic acids is 2. The molecule has 0 aromatic heterocycles. The standard InChI is InChI=1S/C16H18N2O2/c19-14-13-9-12-7-4-8-16(12,17-14)15(20)18(13)10-11-5-2-1-3-6-11/h1-3,5-6,12-13H,4,7-10H2,(H,17,19)/t12-,13-,16-/m1/s1. The van der Waals surface area contributed by atoms with Gasteiger partial charge in [0.2, 0.25) is 11.8 Å². The Morgan fingerprint density at radius 1 is 1.25 bits per heavy atom. The zero-order valence-corrected chi connectivity index (χ0v) is 11.3. The van der Waals surface area contributed by atoms with Gasteiger partial charge in [0, 0.05) is 6.54 Å². The summed E-state index contributed by atoms with van der Waals surface area (Å²) in [5.41, 5.74) is 0.507. The van der Waals surface area contributed by atoms with E-state index in [0.29, 0.717) is 12.5 Å². The van der Waals surface area contributed by atoms with Crippen LogP contribution in [0, 0.1) is 5.92 Å². The van der Waals surface area contributed by atoms with Gasteiger partial charge in [-0.15, -0.1) is 0 Å². The summed E-state index contributed by atoms with van der Waals surface area (Å²) in [7, 11) is 0. The van der Waals surface area contributed by atoms with Crippen LogP contribution in [0.15, 0.2) is 30.3 Å². The molecule has 1 N–H and O–H groups in total. The Bertz CT molecular complexity index is 571. The molecule has 0 radical (unpaired) electrons. The van der Waals surface area contributed by atoms with Gasteiger partial charge in [0.05, 0.1) is 0 Å². The van der Waals surface area contributed by atoms with Crippen LogP contribution in [0.2, 0.25) is 0 Å². The normalized spacial score (nSPS) is 35.1. The second kappa shape index (κ2) is 4.08. The maximum Gasteiger partial charge on any atom is 0.249 e. The summed E-state index contributed by atoms with van der Waals surface area (Å²) in [6.45, 7) is 0.548. The second-order valence-electron chi connectivity index (χ2n) is 6.22. The van der Waals surface area contributed by atoms with E-state index in [9.17, 15) is 9.59 Å². The average molecular weight is 270 g/mol. The Kier molecular flexibility index (Phi) is 2.43. The molecular formula is C16H18N2O2. The average Bonchev–Trinajstić information content (AvgIpc) is 2.87. The van der Waals surface area contributed by atoms with Crippen molar-refractivity contribution in [3.8, 4) is 0 Å². The number of piperidine rings is 2. The van der Waals surface area contributed by atoms with Gasteiger partial charge in [-0.2, -0.15) is 0 Å². The van der Waals surface area contributed by atoms with Crippen molar-refractivity contribution in [2.24, 2.45) is 5.92 Å². The number of carbonyl (C=O) groups is 2. The lowest BCUT2D eigenvalue weighted by atomic mass is 9.73. The summed E-state index contributed by atoms with van der Waals surface area (Å²) in [4.78, 5) is 26.9. The van der Waals surface area contributed by atoms with Gasteiger partial charge in [-0.1, -0.05) is 36.8 Å². The molecule has 4 heteroatoms. The Hall–Kier alpha value is -1.84. The van der Waals surface area contributed by atoms with Crippen molar-refractivity contribution in [1.29, 1.82) is 0 Å². The third-order valence-corrected chi connectivity index (χ3v) is 5.19. The van der Waals surface area contributed by atoms with Crippen molar-refractivity contribution in [3.63, 3.8) is 0 Å². The molecule has 3 aliphatic heterocycles. The van der Waals surface area contributed by atoms with Crippen LogP contribution >= 0.6 is 0 Å². The van der Waals surface area contributed by atoms with E-state index in [-0.39, 0.29) is 17.9 Å². The fraction of sp³-hybridized carbons (Fsp3) is 0.500. The summed E-state index contributed by atoms with van der Waals surface area (Å²) < 4.78 is 0. The minimum Gasteiger partial charge on any atom is -0.340 e. The molecule has 4 aliphatic rings. The van der Waals surface area contributed by atoms with Crippen molar-refractivity contribution in [1.82, 2.24) is 10.2 Å². The van der Waals surface area contributed by atoms with E-state index in [0.717, 1.165) is 31.2 Å². The third-order valence-electron chi connectivity index (χ3n) is 5.19. The van der Waals surface area contributed by atoms with E-state index in [2.05, 4.69) is 5.32 Å². The highest BCUT2D eigenvalue weighted by Crippen LogP contribution is 2.47. The fourth-order valence-corrected chi connectivity index (χ4v) is 4.20. The van der Waals surface area contributed by atoms with E-state index in [4.69, 9.17) is 0 Å². The van der Waals surface area contributed by atoms with E-state index in [1.807, 2.05) is 30.3 Å². The first-order chi connectivity index (χ1) is 9.71. The molecule has 1 aromatic rings. The zero-order valence-electron chi connectivity index (χ0n) is 11.3. The number of nitrogens with one attached hydrogen (secondary N) is 1. The molecule has 5 rings (SSSR count). The first-order valence-electron chi connectivity index (χ1n) is 7.38. The summed E-state index contributed by atoms with van der Waals surface area (Å²) in [5, 5.41) is 3.03. The maximum atomic E-state index is 12.9. The van der Waals surface area contributed by atoms with Crippen LogP contribution in [-0.4, -0.2) is 28.3 Å². The monoisotopic (exact) mass is 270 g/mol. The largest absolute Gasteiger partial charge is 0.340 e. The van der Waals surface area contributed by atoms with E-state index in [1.165, 1.54) is 0 Å². The minimum absolute atomic E-state index is 0.0404. The van der Waals surface area contributed by atoms with Crippen LogP contribution in [0.1, 0.15) is 31.2 Å². The molecule has 3 heterocycles. The number of piperazine rings is 1. The van der Waals surface area contributed by atoms with Gasteiger partial charge in [0.15, 0.2) is 0 Å². The smallest absolute Gasteiger partial charge is 0.249 e. The number of nitrogens with zero attached hydrogens (tertiary/aromatic N) is 1. The van der Waals surface area contributed by atoms with Gasteiger partial charge >= 0.3 is 0 Å². The zero-order chi connectivity index (χ0) is 13.7. The van der Waals surface area contributed by atoms with E-state index >= 15 is 0 Å². The third kappa shape index (κ3) is 1.48. The van der Waals surface area contributed by atoms with E-state index < -0.39 is 5.54 Å². The number of rotatable bonds is 2. The van der Waals surface area contributed by atoms with Gasteiger partial charge in [-0.05, 0) is 30.7 Å². The van der Waals surface area contributed by atoms with Crippen molar-refractivity contribution in [3.05, 3.63) is 35.9 Å². The first-order valence-corrected chi connectivity index (χ1v) is 7.38. The molecule has 104 valence electrons. The number of hydrogen-bond acceptors (Lipinski definition) is 2. The molecule has 1 spiro atoms. The summed E-state index contributed by atoms with van der Waals surface area (Å²) in [5.74, 6) is 0.531. The predicted octanol–water partition coefficient (Wildman–Crippen LogP) is 1.46. The lowest BCUT2D eigenvalue weighted by Gasteiger charge is -2.53. The van der Waals surface area contributed by atoms with Crippen molar-refractivity contribution < 1.29 is 9.59 Å². The Morgan fingerprint density at radius 2 is 2.05 bits per heavy atom. The van der Waals surface area contributed by atoms with Crippen LogP contribution in [0.4, 0.5) is 0 Å². The quantitative estimate of drug-likeness (QED) is 0.884. The molecule has 2 amide bonds. The van der Waals surface area contributed by atoms with E-state index in [1.54, 1.807) is 4.90 Å². The molecule has 3 saturated heterocycles. The molecule has 1 aliphatic carbocycles. The van der Waals surface area contributed by atoms with Gasteiger partial charge in [0.25, 0.3) is 0 Å². The van der Waals surface area contributed by atoms with Gasteiger partial charge in [-0.25, -0.2) is 0 Å².